The van der Waals surface area contributed by atoms with Crippen molar-refractivity contribution in [2.45, 2.75) is 12.7 Å². The van der Waals surface area contributed by atoms with Crippen molar-refractivity contribution in [3.8, 4) is 0 Å². The van der Waals surface area contributed by atoms with Crippen molar-refractivity contribution in [1.82, 2.24) is 20.5 Å². The number of anilines is 1. The van der Waals surface area contributed by atoms with Crippen LogP contribution in [-0.2, 0) is 12.7 Å². The van der Waals surface area contributed by atoms with Crippen LogP contribution in [0.4, 0.5) is 27.8 Å². The lowest BCUT2D eigenvalue weighted by Crippen LogP contribution is -2.25. The zero-order valence-electron chi connectivity index (χ0n) is 15.1. The monoisotopic (exact) mass is 459 g/mol. The van der Waals surface area contributed by atoms with Gasteiger partial charge in [0, 0.05) is 12.3 Å². The number of rotatable bonds is 5. The van der Waals surface area contributed by atoms with Crippen LogP contribution in [0.1, 0.15) is 32.1 Å². The van der Waals surface area contributed by atoms with Crippen LogP contribution in [0.2, 0.25) is 5.02 Å². The zero-order chi connectivity index (χ0) is 22.8. The molecule has 2 heterocycles. The van der Waals surface area contributed by atoms with E-state index in [0.717, 1.165) is 24.4 Å². The summed E-state index contributed by atoms with van der Waals surface area (Å²) in [5, 5.41) is 10.1. The van der Waals surface area contributed by atoms with Crippen molar-refractivity contribution in [2.24, 2.45) is 0 Å². The molecule has 3 N–H and O–H groups in total. The Morgan fingerprint density at radius 1 is 1.10 bits per heavy atom. The maximum absolute atomic E-state index is 13.3. The molecule has 31 heavy (non-hydrogen) atoms. The van der Waals surface area contributed by atoms with Gasteiger partial charge in [0.05, 0.1) is 28.4 Å². The topological polar surface area (TPSA) is 99.8 Å². The third-order valence-electron chi connectivity index (χ3n) is 3.93. The van der Waals surface area contributed by atoms with Gasteiger partial charge in [0.25, 0.3) is 11.8 Å². The summed E-state index contributed by atoms with van der Waals surface area (Å²) in [4.78, 5) is 28.0. The summed E-state index contributed by atoms with van der Waals surface area (Å²) in [5.74, 6) is -4.43. The molecule has 13 heteroatoms. The third kappa shape index (κ3) is 5.15. The molecule has 0 aliphatic carbocycles. The normalized spacial score (nSPS) is 11.3. The number of carbonyl (C=O) groups excluding carboxylic acids is 2. The van der Waals surface area contributed by atoms with Crippen LogP contribution in [0.5, 0.6) is 0 Å². The molecular weight excluding hydrogens is 449 g/mol. The van der Waals surface area contributed by atoms with Crippen LogP contribution in [-0.4, -0.2) is 27.0 Å². The third-order valence-corrected chi connectivity index (χ3v) is 4.24. The molecule has 0 atom stereocenters. The van der Waals surface area contributed by atoms with E-state index in [9.17, 15) is 31.5 Å². The number of alkyl halides is 3. The Balaban J connectivity index is 1.67. The summed E-state index contributed by atoms with van der Waals surface area (Å²) in [5.41, 5.74) is -1.93. The number of pyridine rings is 1. The Hall–Kier alpha value is -3.54. The van der Waals surface area contributed by atoms with Crippen LogP contribution >= 0.6 is 11.6 Å². The van der Waals surface area contributed by atoms with E-state index in [1.165, 1.54) is 0 Å². The minimum Gasteiger partial charge on any atom is -0.345 e. The number of hydrogen-bond acceptors (Lipinski definition) is 4. The van der Waals surface area contributed by atoms with Gasteiger partial charge < -0.3 is 10.6 Å². The summed E-state index contributed by atoms with van der Waals surface area (Å²) in [6, 6.07) is 4.27. The Morgan fingerprint density at radius 2 is 1.81 bits per heavy atom. The number of halogens is 6. The van der Waals surface area contributed by atoms with Crippen LogP contribution in [0.25, 0.3) is 0 Å². The summed E-state index contributed by atoms with van der Waals surface area (Å²) in [7, 11) is 0. The summed E-state index contributed by atoms with van der Waals surface area (Å²) in [6.45, 7) is -0.514. The lowest BCUT2D eigenvalue weighted by atomic mass is 10.2. The first-order valence-electron chi connectivity index (χ1n) is 8.37. The summed E-state index contributed by atoms with van der Waals surface area (Å²) >= 11 is 5.72. The molecule has 0 aliphatic heterocycles. The maximum atomic E-state index is 13.3. The highest BCUT2D eigenvalue weighted by atomic mass is 35.5. The van der Waals surface area contributed by atoms with Crippen molar-refractivity contribution >= 4 is 29.2 Å². The number of aromatic nitrogens is 3. The van der Waals surface area contributed by atoms with E-state index >= 15 is 0 Å². The van der Waals surface area contributed by atoms with Crippen molar-refractivity contribution in [2.75, 3.05) is 5.32 Å². The lowest BCUT2D eigenvalue weighted by Gasteiger charge is -2.11. The van der Waals surface area contributed by atoms with E-state index in [2.05, 4.69) is 25.8 Å². The number of H-pyrrole nitrogens is 1. The Morgan fingerprint density at radius 3 is 2.52 bits per heavy atom. The molecule has 0 saturated heterocycles. The Labute approximate surface area is 175 Å². The first-order valence-corrected chi connectivity index (χ1v) is 8.74. The maximum Gasteiger partial charge on any atom is 0.418 e. The second-order valence-electron chi connectivity index (χ2n) is 6.05. The number of aromatic amines is 1. The Kier molecular flexibility index (Phi) is 6.20. The van der Waals surface area contributed by atoms with Gasteiger partial charge in [-0.1, -0.05) is 11.6 Å². The van der Waals surface area contributed by atoms with E-state index in [4.69, 9.17) is 11.6 Å². The minimum atomic E-state index is -4.64. The van der Waals surface area contributed by atoms with Crippen LogP contribution in [0.3, 0.4) is 0 Å². The van der Waals surface area contributed by atoms with Gasteiger partial charge in [-0.3, -0.25) is 19.7 Å². The molecule has 3 aromatic rings. The fraction of sp³-hybridized carbons (Fsp3) is 0.111. The molecule has 0 spiro atoms. The second-order valence-corrected chi connectivity index (χ2v) is 6.45. The van der Waals surface area contributed by atoms with E-state index in [1.807, 2.05) is 0 Å². The van der Waals surface area contributed by atoms with Gasteiger partial charge >= 0.3 is 6.18 Å². The van der Waals surface area contributed by atoms with Gasteiger partial charge in [-0.05, 0) is 24.3 Å². The van der Waals surface area contributed by atoms with Crippen LogP contribution in [0, 0.1) is 11.6 Å². The molecule has 1 aromatic carbocycles. The van der Waals surface area contributed by atoms with E-state index < -0.39 is 41.7 Å². The van der Waals surface area contributed by atoms with E-state index in [-0.39, 0.29) is 27.8 Å². The van der Waals surface area contributed by atoms with Gasteiger partial charge in [-0.2, -0.15) is 18.3 Å². The van der Waals surface area contributed by atoms with Crippen LogP contribution < -0.4 is 10.6 Å². The molecule has 2 aromatic heterocycles. The molecule has 0 saturated carbocycles. The van der Waals surface area contributed by atoms with E-state index in [0.29, 0.717) is 12.1 Å². The van der Waals surface area contributed by atoms with Crippen LogP contribution in [0.15, 0.2) is 36.5 Å². The number of nitrogens with zero attached hydrogens (tertiary/aromatic N) is 2. The molecule has 162 valence electrons. The Bertz CT molecular complexity index is 1150. The molecule has 2 amide bonds. The first-order chi connectivity index (χ1) is 14.6. The van der Waals surface area contributed by atoms with Crippen molar-refractivity contribution in [3.05, 3.63) is 75.7 Å². The molecule has 3 rings (SSSR count). The standard InChI is InChI=1S/C18H11ClF5N5O2/c19-10-5-12(21)11(20)4-8(10)16(30)27-15-6-13(28-29-15)17(31)26-7-14-9(18(22,23)24)2-1-3-25-14/h1-6H,7H2,(H,26,31)(H2,27,28,29,30). The smallest absolute Gasteiger partial charge is 0.345 e. The minimum absolute atomic E-state index is 0.162. The molecule has 0 unspecified atom stereocenters. The first kappa shape index (κ1) is 22.2. The zero-order valence-corrected chi connectivity index (χ0v) is 15.9. The van der Waals surface area contributed by atoms with Gasteiger partial charge in [0.1, 0.15) is 5.69 Å². The highest BCUT2D eigenvalue weighted by Gasteiger charge is 2.33. The molecule has 0 bridgehead atoms. The molecule has 7 nitrogen and oxygen atoms in total. The summed E-state index contributed by atoms with van der Waals surface area (Å²) < 4.78 is 65.4. The SMILES string of the molecule is O=C(NCc1ncccc1C(F)(F)F)c1cc(NC(=O)c2cc(F)c(F)cc2Cl)n[nH]1. The second kappa shape index (κ2) is 8.68. The number of hydrogen-bond donors (Lipinski definition) is 3. The van der Waals surface area contributed by atoms with Crippen molar-refractivity contribution in [3.63, 3.8) is 0 Å². The fourth-order valence-corrected chi connectivity index (χ4v) is 2.71. The molecule has 0 fully saturated rings. The predicted molar refractivity (Wildman–Crippen MR) is 98.3 cm³/mol. The van der Waals surface area contributed by atoms with Crippen molar-refractivity contribution < 1.29 is 31.5 Å². The number of benzene rings is 1. The van der Waals surface area contributed by atoms with Gasteiger partial charge in [0.15, 0.2) is 17.5 Å². The highest BCUT2D eigenvalue weighted by molar-refractivity contribution is 6.34. The molecule has 0 radical (unpaired) electrons. The van der Waals surface area contributed by atoms with Gasteiger partial charge in [-0.25, -0.2) is 8.78 Å². The molecule has 0 aliphatic rings. The number of carbonyl (C=O) groups is 2. The van der Waals surface area contributed by atoms with Crippen molar-refractivity contribution in [1.29, 1.82) is 0 Å². The number of nitrogens with one attached hydrogen (secondary N) is 3. The van der Waals surface area contributed by atoms with Gasteiger partial charge in [-0.15, -0.1) is 0 Å². The lowest BCUT2D eigenvalue weighted by molar-refractivity contribution is -0.138. The fourth-order valence-electron chi connectivity index (χ4n) is 2.48. The molecular formula is C18H11ClF5N5O2. The average Bonchev–Trinajstić information content (AvgIpc) is 3.17. The quantitative estimate of drug-likeness (QED) is 0.397. The van der Waals surface area contributed by atoms with Gasteiger partial charge in [0.2, 0.25) is 0 Å². The number of amides is 2. The average molecular weight is 460 g/mol. The summed E-state index contributed by atoms with van der Waals surface area (Å²) in [6.07, 6.45) is -3.48. The van der Waals surface area contributed by atoms with E-state index in [1.54, 1.807) is 0 Å². The largest absolute Gasteiger partial charge is 0.418 e. The highest BCUT2D eigenvalue weighted by Crippen LogP contribution is 2.30. The predicted octanol–water partition coefficient (Wildman–Crippen LogP) is 3.94.